The van der Waals surface area contributed by atoms with Gasteiger partial charge in [0.05, 0.1) is 0 Å². The highest BCUT2D eigenvalue weighted by Gasteiger charge is 2.24. The highest BCUT2D eigenvalue weighted by molar-refractivity contribution is 9.10. The van der Waals surface area contributed by atoms with Crippen LogP contribution in [0.4, 0.5) is 5.69 Å². The van der Waals surface area contributed by atoms with Crippen molar-refractivity contribution in [3.63, 3.8) is 0 Å². The molecule has 1 aliphatic heterocycles. The van der Waals surface area contributed by atoms with Crippen LogP contribution >= 0.6 is 15.9 Å². The monoisotopic (exact) mass is 296 g/mol. The number of hydrogen-bond donors (Lipinski definition) is 1. The molecule has 0 aromatic heterocycles. The Morgan fingerprint density at radius 2 is 2.18 bits per heavy atom. The van der Waals surface area contributed by atoms with Crippen molar-refractivity contribution in [2.45, 2.75) is 39.3 Å². The maximum absolute atomic E-state index is 5.87. The molecule has 0 amide bonds. The van der Waals surface area contributed by atoms with Crippen LogP contribution in [-0.2, 0) is 6.54 Å². The third-order valence-corrected chi connectivity index (χ3v) is 4.49. The second-order valence-corrected chi connectivity index (χ2v) is 5.97. The van der Waals surface area contributed by atoms with Crippen LogP contribution in [0.3, 0.4) is 0 Å². The first kappa shape index (κ1) is 12.9. The van der Waals surface area contributed by atoms with Crippen molar-refractivity contribution in [2.24, 2.45) is 11.7 Å². The summed E-state index contributed by atoms with van der Waals surface area (Å²) in [5.41, 5.74) is 8.41. The molecule has 17 heavy (non-hydrogen) atoms. The summed E-state index contributed by atoms with van der Waals surface area (Å²) in [5, 5.41) is 0. The molecule has 0 bridgehead atoms. The zero-order valence-corrected chi connectivity index (χ0v) is 12.2. The van der Waals surface area contributed by atoms with E-state index in [4.69, 9.17) is 5.73 Å². The van der Waals surface area contributed by atoms with Crippen LogP contribution in [0.15, 0.2) is 22.7 Å². The number of nitrogens with two attached hydrogens (primary N) is 1. The Bertz CT molecular complexity index is 392. The molecule has 1 saturated heterocycles. The van der Waals surface area contributed by atoms with Gasteiger partial charge in [-0.25, -0.2) is 0 Å². The second-order valence-electron chi connectivity index (χ2n) is 5.11. The lowest BCUT2D eigenvalue weighted by Gasteiger charge is -2.39. The van der Waals surface area contributed by atoms with E-state index in [1.807, 2.05) is 0 Å². The van der Waals surface area contributed by atoms with Crippen molar-refractivity contribution in [1.29, 1.82) is 0 Å². The molecule has 2 atom stereocenters. The van der Waals surface area contributed by atoms with Crippen LogP contribution in [0.2, 0.25) is 0 Å². The van der Waals surface area contributed by atoms with Gasteiger partial charge in [-0.2, -0.15) is 0 Å². The van der Waals surface area contributed by atoms with Crippen molar-refractivity contribution >= 4 is 21.6 Å². The maximum Gasteiger partial charge on any atom is 0.0425 e. The summed E-state index contributed by atoms with van der Waals surface area (Å²) in [4.78, 5) is 2.51. The van der Waals surface area contributed by atoms with Crippen molar-refractivity contribution in [1.82, 2.24) is 0 Å². The van der Waals surface area contributed by atoms with E-state index in [9.17, 15) is 0 Å². The zero-order chi connectivity index (χ0) is 12.4. The molecule has 1 fully saturated rings. The van der Waals surface area contributed by atoms with E-state index in [-0.39, 0.29) is 0 Å². The van der Waals surface area contributed by atoms with E-state index < -0.39 is 0 Å². The van der Waals surface area contributed by atoms with Crippen LogP contribution < -0.4 is 10.6 Å². The molecular weight excluding hydrogens is 276 g/mol. The summed E-state index contributed by atoms with van der Waals surface area (Å²) in [7, 11) is 0. The number of benzene rings is 1. The average Bonchev–Trinajstić information content (AvgIpc) is 2.29. The molecule has 0 radical (unpaired) electrons. The maximum atomic E-state index is 5.87. The Balaban J connectivity index is 2.30. The Morgan fingerprint density at radius 1 is 1.41 bits per heavy atom. The molecule has 0 saturated carbocycles. The van der Waals surface area contributed by atoms with E-state index in [0.29, 0.717) is 12.6 Å². The molecule has 1 heterocycles. The van der Waals surface area contributed by atoms with Gasteiger partial charge in [-0.3, -0.25) is 0 Å². The molecule has 2 N–H and O–H groups in total. The molecule has 1 aliphatic rings. The summed E-state index contributed by atoms with van der Waals surface area (Å²) in [6, 6.07) is 6.98. The minimum atomic E-state index is 0.593. The van der Waals surface area contributed by atoms with E-state index >= 15 is 0 Å². The van der Waals surface area contributed by atoms with E-state index in [1.165, 1.54) is 24.1 Å². The molecule has 0 spiro atoms. The summed E-state index contributed by atoms with van der Waals surface area (Å²) in [6.45, 7) is 6.40. The van der Waals surface area contributed by atoms with E-state index in [2.05, 4.69) is 52.9 Å². The molecule has 0 aliphatic carbocycles. The molecule has 2 unspecified atom stereocenters. The van der Waals surface area contributed by atoms with Gasteiger partial charge in [0.25, 0.3) is 0 Å². The SMILES string of the molecule is CC1CCN(c2cccc(Br)c2CN)C(C)C1. The van der Waals surface area contributed by atoms with Crippen molar-refractivity contribution < 1.29 is 0 Å². The number of halogens is 1. The smallest absolute Gasteiger partial charge is 0.0425 e. The van der Waals surface area contributed by atoms with Gasteiger partial charge in [0.1, 0.15) is 0 Å². The molecule has 1 aromatic carbocycles. The summed E-state index contributed by atoms with van der Waals surface area (Å²) in [6.07, 6.45) is 2.55. The third-order valence-electron chi connectivity index (χ3n) is 3.75. The largest absolute Gasteiger partial charge is 0.369 e. The lowest BCUT2D eigenvalue weighted by Crippen LogP contribution is -2.40. The standard InChI is InChI=1S/C14H21BrN2/c1-10-6-7-17(11(2)8-10)14-5-3-4-13(15)12(14)9-16/h3-5,10-11H,6-9,16H2,1-2H3. The van der Waals surface area contributed by atoms with Crippen molar-refractivity contribution in [3.8, 4) is 0 Å². The molecule has 94 valence electrons. The predicted octanol–water partition coefficient (Wildman–Crippen LogP) is 3.53. The first-order valence-corrected chi connectivity index (χ1v) is 7.17. The Hall–Kier alpha value is -0.540. The van der Waals surface area contributed by atoms with Gasteiger partial charge in [0.15, 0.2) is 0 Å². The predicted molar refractivity (Wildman–Crippen MR) is 77.2 cm³/mol. The number of anilines is 1. The lowest BCUT2D eigenvalue weighted by atomic mass is 9.92. The van der Waals surface area contributed by atoms with Crippen LogP contribution in [0.5, 0.6) is 0 Å². The Labute approximate surface area is 112 Å². The van der Waals surface area contributed by atoms with E-state index in [1.54, 1.807) is 0 Å². The van der Waals surface area contributed by atoms with E-state index in [0.717, 1.165) is 16.9 Å². The van der Waals surface area contributed by atoms with Crippen molar-refractivity contribution in [2.75, 3.05) is 11.4 Å². The first-order valence-electron chi connectivity index (χ1n) is 6.37. The van der Waals surface area contributed by atoms with Gasteiger partial charge in [0, 0.05) is 34.9 Å². The Morgan fingerprint density at radius 3 is 2.82 bits per heavy atom. The van der Waals surface area contributed by atoms with Crippen LogP contribution in [0, 0.1) is 5.92 Å². The molecule has 1 aromatic rings. The summed E-state index contributed by atoms with van der Waals surface area (Å²) in [5.74, 6) is 0.842. The minimum absolute atomic E-state index is 0.593. The van der Waals surface area contributed by atoms with Gasteiger partial charge < -0.3 is 10.6 Å². The Kier molecular flexibility index (Phi) is 4.10. The minimum Gasteiger partial charge on any atom is -0.369 e. The molecule has 3 heteroatoms. The van der Waals surface area contributed by atoms with Crippen LogP contribution in [-0.4, -0.2) is 12.6 Å². The fraction of sp³-hybridized carbons (Fsp3) is 0.571. The number of piperidine rings is 1. The molecule has 2 nitrogen and oxygen atoms in total. The van der Waals surface area contributed by atoms with Gasteiger partial charge in [-0.05, 0) is 37.8 Å². The van der Waals surface area contributed by atoms with Crippen LogP contribution in [0.25, 0.3) is 0 Å². The number of hydrogen-bond acceptors (Lipinski definition) is 2. The molecule has 2 rings (SSSR count). The topological polar surface area (TPSA) is 29.3 Å². The normalized spacial score (nSPS) is 25.1. The lowest BCUT2D eigenvalue weighted by molar-refractivity contribution is 0.377. The highest BCUT2D eigenvalue weighted by Crippen LogP contribution is 2.33. The van der Waals surface area contributed by atoms with Gasteiger partial charge in [0.2, 0.25) is 0 Å². The first-order chi connectivity index (χ1) is 8.13. The fourth-order valence-electron chi connectivity index (χ4n) is 2.78. The van der Waals surface area contributed by atoms with Gasteiger partial charge in [-0.1, -0.05) is 28.9 Å². The third kappa shape index (κ3) is 2.66. The summed E-state index contributed by atoms with van der Waals surface area (Å²) < 4.78 is 1.13. The van der Waals surface area contributed by atoms with Crippen molar-refractivity contribution in [3.05, 3.63) is 28.2 Å². The number of rotatable bonds is 2. The fourth-order valence-corrected chi connectivity index (χ4v) is 3.30. The average molecular weight is 297 g/mol. The quantitative estimate of drug-likeness (QED) is 0.905. The number of nitrogens with zero attached hydrogens (tertiary/aromatic N) is 1. The van der Waals surface area contributed by atoms with Gasteiger partial charge >= 0.3 is 0 Å². The summed E-state index contributed by atoms with van der Waals surface area (Å²) >= 11 is 3.60. The van der Waals surface area contributed by atoms with Gasteiger partial charge in [-0.15, -0.1) is 0 Å². The zero-order valence-electron chi connectivity index (χ0n) is 10.6. The molecular formula is C14H21BrN2. The second kappa shape index (κ2) is 5.40. The highest BCUT2D eigenvalue weighted by atomic mass is 79.9. The van der Waals surface area contributed by atoms with Crippen LogP contribution in [0.1, 0.15) is 32.3 Å².